The Balaban J connectivity index is 3.26. The highest BCUT2D eigenvalue weighted by Crippen LogP contribution is 2.02. The van der Waals surface area contributed by atoms with E-state index in [2.05, 4.69) is 5.32 Å². The minimum atomic E-state index is 0.0974. The second kappa shape index (κ2) is 7.76. The topological polar surface area (TPSA) is 52.6 Å². The van der Waals surface area contributed by atoms with E-state index in [4.69, 9.17) is 5.11 Å². The summed E-state index contributed by atoms with van der Waals surface area (Å²) in [6.07, 6.45) is 2.00. The first-order chi connectivity index (χ1) is 6.57. The van der Waals surface area contributed by atoms with Gasteiger partial charge in [-0.3, -0.25) is 4.79 Å². The van der Waals surface area contributed by atoms with Gasteiger partial charge in [0, 0.05) is 20.7 Å². The van der Waals surface area contributed by atoms with Crippen LogP contribution in [0.1, 0.15) is 19.8 Å². The maximum absolute atomic E-state index is 11.1. The van der Waals surface area contributed by atoms with Crippen molar-refractivity contribution in [2.24, 2.45) is 5.92 Å². The van der Waals surface area contributed by atoms with Crippen molar-refractivity contribution < 1.29 is 9.90 Å². The largest absolute Gasteiger partial charge is 0.396 e. The van der Waals surface area contributed by atoms with Gasteiger partial charge in [-0.25, -0.2) is 0 Å². The van der Waals surface area contributed by atoms with Crippen LogP contribution in [0.4, 0.5) is 0 Å². The van der Waals surface area contributed by atoms with Crippen LogP contribution in [0, 0.1) is 5.92 Å². The Kier molecular flexibility index (Phi) is 7.42. The summed E-state index contributed by atoms with van der Waals surface area (Å²) in [5.74, 6) is 0.460. The number of carbonyl (C=O) groups excluding carboxylic acids is 1. The number of hydrogen-bond acceptors (Lipinski definition) is 3. The van der Waals surface area contributed by atoms with Crippen LogP contribution in [0.25, 0.3) is 0 Å². The van der Waals surface area contributed by atoms with Crippen molar-refractivity contribution in [1.29, 1.82) is 0 Å². The number of aliphatic hydroxyl groups is 1. The molecule has 0 aliphatic rings. The number of carbonyl (C=O) groups is 1. The molecule has 84 valence electrons. The summed E-state index contributed by atoms with van der Waals surface area (Å²) >= 11 is 0. The summed E-state index contributed by atoms with van der Waals surface area (Å²) in [5.41, 5.74) is 0. The standard InChI is InChI=1S/C10H22N2O2/c1-9(8-13)5-4-6-11-7-10(14)12(2)3/h9,11,13H,4-8H2,1-3H3. The number of amides is 1. The molecule has 0 aromatic carbocycles. The second-order valence-corrected chi connectivity index (χ2v) is 3.89. The van der Waals surface area contributed by atoms with Gasteiger partial charge in [0.1, 0.15) is 0 Å². The molecule has 0 spiro atoms. The molecule has 1 amide bonds. The van der Waals surface area contributed by atoms with Crippen LogP contribution >= 0.6 is 0 Å². The van der Waals surface area contributed by atoms with E-state index in [-0.39, 0.29) is 12.5 Å². The average molecular weight is 202 g/mol. The quantitative estimate of drug-likeness (QED) is 0.575. The van der Waals surface area contributed by atoms with Crippen molar-refractivity contribution >= 4 is 5.91 Å². The molecule has 4 heteroatoms. The first-order valence-corrected chi connectivity index (χ1v) is 5.09. The van der Waals surface area contributed by atoms with E-state index in [9.17, 15) is 4.79 Å². The highest BCUT2D eigenvalue weighted by Gasteiger charge is 2.02. The zero-order chi connectivity index (χ0) is 11.0. The SMILES string of the molecule is CC(CO)CCCNCC(=O)N(C)C. The molecular formula is C10H22N2O2. The van der Waals surface area contributed by atoms with Crippen LogP contribution in [-0.4, -0.2) is 49.7 Å². The third-order valence-corrected chi connectivity index (χ3v) is 2.14. The molecule has 0 radical (unpaired) electrons. The van der Waals surface area contributed by atoms with E-state index in [1.165, 1.54) is 0 Å². The minimum absolute atomic E-state index is 0.0974. The van der Waals surface area contributed by atoms with Crippen LogP contribution in [-0.2, 0) is 4.79 Å². The molecule has 0 aromatic heterocycles. The molecule has 4 nitrogen and oxygen atoms in total. The predicted octanol–water partition coefficient (Wildman–Crippen LogP) is 0.0728. The normalized spacial score (nSPS) is 12.6. The van der Waals surface area contributed by atoms with Gasteiger partial charge < -0.3 is 15.3 Å². The van der Waals surface area contributed by atoms with Crippen molar-refractivity contribution in [3.8, 4) is 0 Å². The molecule has 2 N–H and O–H groups in total. The van der Waals surface area contributed by atoms with Gasteiger partial charge in [-0.1, -0.05) is 6.92 Å². The Hall–Kier alpha value is -0.610. The first kappa shape index (κ1) is 13.4. The van der Waals surface area contributed by atoms with Crippen LogP contribution < -0.4 is 5.32 Å². The molecule has 0 saturated carbocycles. The lowest BCUT2D eigenvalue weighted by Crippen LogP contribution is -2.33. The fraction of sp³-hybridized carbons (Fsp3) is 0.900. The molecule has 1 atom stereocenters. The summed E-state index contributed by atoms with van der Waals surface area (Å²) in [4.78, 5) is 12.7. The number of nitrogens with zero attached hydrogens (tertiary/aromatic N) is 1. The van der Waals surface area contributed by atoms with Gasteiger partial charge in [-0.15, -0.1) is 0 Å². The lowest BCUT2D eigenvalue weighted by molar-refractivity contribution is -0.127. The highest BCUT2D eigenvalue weighted by atomic mass is 16.3. The van der Waals surface area contributed by atoms with Crippen molar-refractivity contribution in [3.05, 3.63) is 0 Å². The lowest BCUT2D eigenvalue weighted by atomic mass is 10.1. The van der Waals surface area contributed by atoms with Crippen LogP contribution in [0.3, 0.4) is 0 Å². The van der Waals surface area contributed by atoms with Gasteiger partial charge >= 0.3 is 0 Å². The third kappa shape index (κ3) is 6.86. The monoisotopic (exact) mass is 202 g/mol. The number of likely N-dealkylation sites (N-methyl/N-ethyl adjacent to an activating group) is 1. The Morgan fingerprint density at radius 3 is 2.64 bits per heavy atom. The van der Waals surface area contributed by atoms with Crippen molar-refractivity contribution in [2.75, 3.05) is 33.8 Å². The molecule has 1 unspecified atom stereocenters. The van der Waals surface area contributed by atoms with E-state index in [0.717, 1.165) is 19.4 Å². The first-order valence-electron chi connectivity index (χ1n) is 5.09. The number of hydrogen-bond donors (Lipinski definition) is 2. The summed E-state index contributed by atoms with van der Waals surface area (Å²) < 4.78 is 0. The Morgan fingerprint density at radius 2 is 2.14 bits per heavy atom. The Labute approximate surface area is 86.3 Å². The third-order valence-electron chi connectivity index (χ3n) is 2.14. The number of aliphatic hydroxyl groups excluding tert-OH is 1. The van der Waals surface area contributed by atoms with Crippen LogP contribution in [0.5, 0.6) is 0 Å². The van der Waals surface area contributed by atoms with E-state index in [0.29, 0.717) is 12.5 Å². The highest BCUT2D eigenvalue weighted by molar-refractivity contribution is 5.77. The number of rotatable bonds is 7. The predicted molar refractivity (Wildman–Crippen MR) is 57.0 cm³/mol. The zero-order valence-electron chi connectivity index (χ0n) is 9.42. The Morgan fingerprint density at radius 1 is 1.50 bits per heavy atom. The summed E-state index contributed by atoms with van der Waals surface area (Å²) in [5, 5.41) is 11.8. The summed E-state index contributed by atoms with van der Waals surface area (Å²) in [6.45, 7) is 3.51. The number of nitrogens with one attached hydrogen (secondary N) is 1. The Bertz CT molecular complexity index is 160. The van der Waals surface area contributed by atoms with E-state index in [1.807, 2.05) is 6.92 Å². The maximum Gasteiger partial charge on any atom is 0.236 e. The average Bonchev–Trinajstić information content (AvgIpc) is 2.16. The molecule has 0 heterocycles. The van der Waals surface area contributed by atoms with Gasteiger partial charge in [0.25, 0.3) is 0 Å². The molecular weight excluding hydrogens is 180 g/mol. The van der Waals surface area contributed by atoms with Crippen molar-refractivity contribution in [3.63, 3.8) is 0 Å². The summed E-state index contributed by atoms with van der Waals surface area (Å²) in [6, 6.07) is 0. The minimum Gasteiger partial charge on any atom is -0.396 e. The van der Waals surface area contributed by atoms with Gasteiger partial charge in [0.15, 0.2) is 0 Å². The van der Waals surface area contributed by atoms with E-state index >= 15 is 0 Å². The lowest BCUT2D eigenvalue weighted by Gasteiger charge is -2.11. The smallest absolute Gasteiger partial charge is 0.236 e. The van der Waals surface area contributed by atoms with Crippen molar-refractivity contribution in [1.82, 2.24) is 10.2 Å². The van der Waals surface area contributed by atoms with Gasteiger partial charge in [-0.2, -0.15) is 0 Å². The zero-order valence-corrected chi connectivity index (χ0v) is 9.42. The molecule has 14 heavy (non-hydrogen) atoms. The molecule has 0 aromatic rings. The fourth-order valence-electron chi connectivity index (χ4n) is 1.02. The van der Waals surface area contributed by atoms with Gasteiger partial charge in [-0.05, 0) is 25.3 Å². The summed E-state index contributed by atoms with van der Waals surface area (Å²) in [7, 11) is 3.50. The van der Waals surface area contributed by atoms with Crippen molar-refractivity contribution in [2.45, 2.75) is 19.8 Å². The van der Waals surface area contributed by atoms with Gasteiger partial charge in [0.2, 0.25) is 5.91 Å². The van der Waals surface area contributed by atoms with Crippen LogP contribution in [0.15, 0.2) is 0 Å². The molecule has 0 fully saturated rings. The van der Waals surface area contributed by atoms with Crippen LogP contribution in [0.2, 0.25) is 0 Å². The molecule has 0 aliphatic heterocycles. The second-order valence-electron chi connectivity index (χ2n) is 3.89. The molecule has 0 bridgehead atoms. The molecule has 0 rings (SSSR count). The van der Waals surface area contributed by atoms with E-state index in [1.54, 1.807) is 19.0 Å². The molecule has 0 saturated heterocycles. The maximum atomic E-state index is 11.1. The molecule has 0 aliphatic carbocycles. The van der Waals surface area contributed by atoms with Gasteiger partial charge in [0.05, 0.1) is 6.54 Å². The van der Waals surface area contributed by atoms with E-state index < -0.39 is 0 Å². The fourth-order valence-corrected chi connectivity index (χ4v) is 1.02.